The number of hydrogen-bond donors (Lipinski definition) is 0. The second-order valence-electron chi connectivity index (χ2n) is 8.35. The molecule has 188 valence electrons. The predicted octanol–water partition coefficient (Wildman–Crippen LogP) is 7.04. The molecule has 0 N–H and O–H groups in total. The average molecular weight is 587 g/mol. The fourth-order valence-corrected chi connectivity index (χ4v) is 5.08. The van der Waals surface area contributed by atoms with Gasteiger partial charge in [0.05, 0.1) is 28.6 Å². The van der Waals surface area contributed by atoms with Crippen molar-refractivity contribution in [2.24, 2.45) is 5.10 Å². The number of fused-ring (bicyclic) bond motifs is 1. The van der Waals surface area contributed by atoms with Crippen LogP contribution < -0.4 is 5.63 Å². The molecular weight excluding hydrogens is 569 g/mol. The lowest BCUT2D eigenvalue weighted by Gasteiger charge is -2.22. The topological polar surface area (TPSA) is 62.9 Å². The van der Waals surface area contributed by atoms with E-state index in [2.05, 4.69) is 21.0 Å². The van der Waals surface area contributed by atoms with Crippen LogP contribution in [-0.2, 0) is 11.0 Å². The van der Waals surface area contributed by atoms with Crippen molar-refractivity contribution in [3.05, 3.63) is 110 Å². The van der Waals surface area contributed by atoms with Gasteiger partial charge in [0.1, 0.15) is 5.58 Å². The third-order valence-electron chi connectivity index (χ3n) is 5.92. The molecule has 0 fully saturated rings. The number of alkyl halides is 3. The number of amides is 1. The summed E-state index contributed by atoms with van der Waals surface area (Å²) in [7, 11) is 0. The van der Waals surface area contributed by atoms with Crippen molar-refractivity contribution in [3.63, 3.8) is 0 Å². The summed E-state index contributed by atoms with van der Waals surface area (Å²) >= 11 is 4.69. The van der Waals surface area contributed by atoms with Crippen molar-refractivity contribution in [1.29, 1.82) is 0 Å². The van der Waals surface area contributed by atoms with Crippen LogP contribution in [0.5, 0.6) is 0 Å². The van der Waals surface area contributed by atoms with E-state index in [9.17, 15) is 22.8 Å². The Kier molecular flexibility index (Phi) is 6.96. The highest BCUT2D eigenvalue weighted by Crippen LogP contribution is 2.36. The summed E-state index contributed by atoms with van der Waals surface area (Å²) in [6.45, 7) is 0. The van der Waals surface area contributed by atoms with Crippen LogP contribution in [0.25, 0.3) is 11.0 Å². The molecule has 5 nitrogen and oxygen atoms in total. The van der Waals surface area contributed by atoms with E-state index in [0.29, 0.717) is 22.2 Å². The lowest BCUT2D eigenvalue weighted by molar-refractivity contribution is -0.137. The van der Waals surface area contributed by atoms with Crippen LogP contribution in [0.3, 0.4) is 0 Å². The van der Waals surface area contributed by atoms with Crippen molar-refractivity contribution in [1.82, 2.24) is 5.01 Å². The summed E-state index contributed by atoms with van der Waals surface area (Å²) in [6.07, 6.45) is -4.32. The Morgan fingerprint density at radius 3 is 2.46 bits per heavy atom. The van der Waals surface area contributed by atoms with E-state index in [1.165, 1.54) is 28.9 Å². The largest absolute Gasteiger partial charge is 0.422 e. The first-order valence-corrected chi connectivity index (χ1v) is 13.0. The minimum atomic E-state index is -4.48. The SMILES string of the molecule is O=C(CSc1ccc(Br)cc1)N1N=C(c2cc3ccccc3oc2=O)C[C@@H]1c1ccc(C(F)(F)F)cc1. The molecule has 1 aliphatic rings. The lowest BCUT2D eigenvalue weighted by Crippen LogP contribution is -2.28. The Hall–Kier alpha value is -3.37. The maximum atomic E-state index is 13.3. The molecule has 1 amide bonds. The van der Waals surface area contributed by atoms with E-state index in [-0.39, 0.29) is 23.6 Å². The van der Waals surface area contributed by atoms with Gasteiger partial charge in [-0.1, -0.05) is 46.3 Å². The Morgan fingerprint density at radius 1 is 1.05 bits per heavy atom. The molecule has 0 saturated carbocycles. The number of benzene rings is 3. The first-order chi connectivity index (χ1) is 17.7. The lowest BCUT2D eigenvalue weighted by atomic mass is 9.97. The third kappa shape index (κ3) is 5.50. The number of halogens is 4. The van der Waals surface area contributed by atoms with E-state index < -0.39 is 23.4 Å². The molecule has 0 unspecified atom stereocenters. The van der Waals surface area contributed by atoms with Gasteiger partial charge in [-0.05, 0) is 54.1 Å². The highest BCUT2D eigenvalue weighted by Gasteiger charge is 2.35. The molecular formula is C27H18BrF3N2O3S. The molecule has 0 radical (unpaired) electrons. The number of carbonyl (C=O) groups is 1. The maximum absolute atomic E-state index is 13.3. The van der Waals surface area contributed by atoms with Crippen LogP contribution in [0.2, 0.25) is 0 Å². The smallest absolute Gasteiger partial charge is 0.416 e. The molecule has 3 aromatic carbocycles. The van der Waals surface area contributed by atoms with E-state index in [4.69, 9.17) is 4.42 Å². The Labute approximate surface area is 222 Å². The fraction of sp³-hybridized carbons (Fsp3) is 0.148. The molecule has 1 aromatic heterocycles. The predicted molar refractivity (Wildman–Crippen MR) is 140 cm³/mol. The molecule has 1 aliphatic heterocycles. The summed E-state index contributed by atoms with van der Waals surface area (Å²) in [6, 6.07) is 20.1. The number of carbonyl (C=O) groups excluding carboxylic acids is 1. The highest BCUT2D eigenvalue weighted by molar-refractivity contribution is 9.10. The zero-order valence-corrected chi connectivity index (χ0v) is 21.4. The van der Waals surface area contributed by atoms with Gasteiger partial charge < -0.3 is 4.42 Å². The van der Waals surface area contributed by atoms with E-state index in [0.717, 1.165) is 21.5 Å². The molecule has 37 heavy (non-hydrogen) atoms. The average Bonchev–Trinajstić information content (AvgIpc) is 3.33. The number of hydrogen-bond acceptors (Lipinski definition) is 5. The Balaban J connectivity index is 1.47. The zero-order chi connectivity index (χ0) is 26.2. The molecule has 0 bridgehead atoms. The normalized spacial score (nSPS) is 15.7. The minimum absolute atomic E-state index is 0.0574. The van der Waals surface area contributed by atoms with Gasteiger partial charge in [-0.2, -0.15) is 18.3 Å². The number of nitrogens with zero attached hydrogens (tertiary/aromatic N) is 2. The van der Waals surface area contributed by atoms with Crippen LogP contribution in [-0.4, -0.2) is 22.4 Å². The molecule has 0 saturated heterocycles. The van der Waals surface area contributed by atoms with Crippen LogP contribution >= 0.6 is 27.7 Å². The minimum Gasteiger partial charge on any atom is -0.422 e. The van der Waals surface area contributed by atoms with Crippen molar-refractivity contribution >= 4 is 50.3 Å². The van der Waals surface area contributed by atoms with Gasteiger partial charge in [-0.15, -0.1) is 11.8 Å². The van der Waals surface area contributed by atoms with Crippen molar-refractivity contribution in [3.8, 4) is 0 Å². The summed E-state index contributed by atoms with van der Waals surface area (Å²) in [5.41, 5.74) is 0.0844. The second-order valence-corrected chi connectivity index (χ2v) is 10.3. The molecule has 0 spiro atoms. The summed E-state index contributed by atoms with van der Waals surface area (Å²) in [5.74, 6) is -0.278. The zero-order valence-electron chi connectivity index (χ0n) is 19.0. The van der Waals surface area contributed by atoms with Crippen LogP contribution in [0.15, 0.2) is 103 Å². The first-order valence-electron chi connectivity index (χ1n) is 11.2. The van der Waals surface area contributed by atoms with Gasteiger partial charge in [-0.3, -0.25) is 4.79 Å². The van der Waals surface area contributed by atoms with Gasteiger partial charge >= 0.3 is 11.8 Å². The van der Waals surface area contributed by atoms with E-state index in [1.807, 2.05) is 30.3 Å². The van der Waals surface area contributed by atoms with Gasteiger partial charge in [0.25, 0.3) is 5.91 Å². The second kappa shape index (κ2) is 10.2. The molecule has 5 rings (SSSR count). The van der Waals surface area contributed by atoms with Gasteiger partial charge in [0.15, 0.2) is 0 Å². The fourth-order valence-electron chi connectivity index (χ4n) is 4.06. The third-order valence-corrected chi connectivity index (χ3v) is 7.44. The van der Waals surface area contributed by atoms with Crippen molar-refractivity contribution < 1.29 is 22.4 Å². The van der Waals surface area contributed by atoms with Gasteiger partial charge in [0.2, 0.25) is 0 Å². The van der Waals surface area contributed by atoms with Gasteiger partial charge in [0, 0.05) is 21.2 Å². The Bertz CT molecular complexity index is 1550. The summed E-state index contributed by atoms with van der Waals surface area (Å²) in [5, 5.41) is 6.44. The molecule has 0 aliphatic carbocycles. The monoisotopic (exact) mass is 586 g/mol. The van der Waals surface area contributed by atoms with Crippen molar-refractivity contribution in [2.45, 2.75) is 23.5 Å². The number of para-hydroxylation sites is 1. The number of rotatable bonds is 5. The molecule has 2 heterocycles. The maximum Gasteiger partial charge on any atom is 0.416 e. The standard InChI is InChI=1S/C27H18BrF3N2O3S/c28-19-9-11-20(12-10-19)37-15-25(34)33-23(16-5-7-18(8-6-16)27(29,30)31)14-22(32-33)21-13-17-3-1-2-4-24(17)36-26(21)35/h1-13,23H,14-15H2/t23-/m1/s1. The van der Waals surface area contributed by atoms with Crippen LogP contribution in [0.1, 0.15) is 29.2 Å². The van der Waals surface area contributed by atoms with Crippen LogP contribution in [0, 0.1) is 0 Å². The summed E-state index contributed by atoms with van der Waals surface area (Å²) in [4.78, 5) is 26.9. The number of thioether (sulfide) groups is 1. The van der Waals surface area contributed by atoms with E-state index in [1.54, 1.807) is 24.3 Å². The van der Waals surface area contributed by atoms with E-state index >= 15 is 0 Å². The first kappa shape index (κ1) is 25.3. The highest BCUT2D eigenvalue weighted by atomic mass is 79.9. The molecule has 1 atom stereocenters. The van der Waals surface area contributed by atoms with Crippen molar-refractivity contribution in [2.75, 3.05) is 5.75 Å². The summed E-state index contributed by atoms with van der Waals surface area (Å²) < 4.78 is 45.7. The quantitative estimate of drug-likeness (QED) is 0.186. The van der Waals surface area contributed by atoms with Crippen LogP contribution in [0.4, 0.5) is 13.2 Å². The number of hydrazone groups is 1. The van der Waals surface area contributed by atoms with Gasteiger partial charge in [-0.25, -0.2) is 9.80 Å². The molecule has 4 aromatic rings. The Morgan fingerprint density at radius 2 is 1.76 bits per heavy atom. The molecule has 10 heteroatoms.